The van der Waals surface area contributed by atoms with Crippen LogP contribution in [0.4, 0.5) is 4.39 Å². The standard InChI is InChI=1S/C20H18FN5O3S/c21-14-7-5-13(6-8-14)18-23-25-20(26(18)11-15-3-1-9-27-15)30-12-17-22-24-19(29-17)16-4-2-10-28-16/h2,4-8,10,15H,1,3,9,11-12H2/t15-/m1/s1. The van der Waals surface area contributed by atoms with Gasteiger partial charge in [0.15, 0.2) is 16.7 Å². The van der Waals surface area contributed by atoms with Crippen molar-refractivity contribution < 1.29 is 18.0 Å². The zero-order valence-corrected chi connectivity index (χ0v) is 16.7. The van der Waals surface area contributed by atoms with Gasteiger partial charge >= 0.3 is 0 Å². The average Bonchev–Trinajstić information content (AvgIpc) is 3.55. The summed E-state index contributed by atoms with van der Waals surface area (Å²) < 4.78 is 32.1. The Morgan fingerprint density at radius 1 is 1.10 bits per heavy atom. The molecule has 0 bridgehead atoms. The van der Waals surface area contributed by atoms with Crippen LogP contribution < -0.4 is 0 Å². The maximum atomic E-state index is 13.4. The first-order chi connectivity index (χ1) is 14.8. The summed E-state index contributed by atoms with van der Waals surface area (Å²) in [5.74, 6) is 2.14. The number of rotatable bonds is 7. The fraction of sp³-hybridized carbons (Fsp3) is 0.300. The molecular weight excluding hydrogens is 409 g/mol. The number of ether oxygens (including phenoxy) is 1. The molecule has 1 aliphatic heterocycles. The number of hydrogen-bond donors (Lipinski definition) is 0. The Kier molecular flexibility index (Phi) is 5.33. The molecule has 0 radical (unpaired) electrons. The summed E-state index contributed by atoms with van der Waals surface area (Å²) in [5, 5.41) is 17.5. The van der Waals surface area contributed by atoms with Gasteiger partial charge in [0, 0.05) is 12.2 Å². The van der Waals surface area contributed by atoms with Crippen LogP contribution in [0.25, 0.3) is 23.0 Å². The molecule has 3 aromatic heterocycles. The molecule has 0 unspecified atom stereocenters. The molecule has 1 saturated heterocycles. The van der Waals surface area contributed by atoms with Crippen LogP contribution in [0.2, 0.25) is 0 Å². The third-order valence-corrected chi connectivity index (χ3v) is 5.70. The minimum atomic E-state index is -0.290. The van der Waals surface area contributed by atoms with E-state index in [0.29, 0.717) is 40.8 Å². The van der Waals surface area contributed by atoms with Crippen molar-refractivity contribution in [1.82, 2.24) is 25.0 Å². The molecule has 1 fully saturated rings. The molecule has 0 N–H and O–H groups in total. The van der Waals surface area contributed by atoms with Gasteiger partial charge in [-0.15, -0.1) is 20.4 Å². The molecule has 30 heavy (non-hydrogen) atoms. The lowest BCUT2D eigenvalue weighted by molar-refractivity contribution is 0.0953. The molecule has 1 atom stereocenters. The van der Waals surface area contributed by atoms with Gasteiger partial charge in [-0.3, -0.25) is 4.57 Å². The van der Waals surface area contributed by atoms with Crippen molar-refractivity contribution in [1.29, 1.82) is 0 Å². The maximum absolute atomic E-state index is 13.4. The van der Waals surface area contributed by atoms with E-state index in [1.165, 1.54) is 23.9 Å². The molecule has 8 nitrogen and oxygen atoms in total. The molecule has 5 rings (SSSR count). The Labute approximate surface area is 175 Å². The molecule has 0 amide bonds. The number of nitrogens with zero attached hydrogens (tertiary/aromatic N) is 5. The number of benzene rings is 1. The number of aromatic nitrogens is 5. The maximum Gasteiger partial charge on any atom is 0.283 e. The van der Waals surface area contributed by atoms with Crippen LogP contribution in [0.3, 0.4) is 0 Å². The molecular formula is C20H18FN5O3S. The third-order valence-electron chi connectivity index (χ3n) is 4.75. The van der Waals surface area contributed by atoms with Gasteiger partial charge in [0.05, 0.1) is 24.7 Å². The highest BCUT2D eigenvalue weighted by atomic mass is 32.2. The van der Waals surface area contributed by atoms with Crippen molar-refractivity contribution in [3.05, 3.63) is 54.4 Å². The van der Waals surface area contributed by atoms with Crippen LogP contribution in [0.1, 0.15) is 18.7 Å². The van der Waals surface area contributed by atoms with E-state index in [1.54, 1.807) is 30.5 Å². The van der Waals surface area contributed by atoms with Gasteiger partial charge in [-0.25, -0.2) is 4.39 Å². The Morgan fingerprint density at radius 3 is 2.77 bits per heavy atom. The Morgan fingerprint density at radius 2 is 2.00 bits per heavy atom. The van der Waals surface area contributed by atoms with Crippen LogP contribution >= 0.6 is 11.8 Å². The predicted octanol–water partition coefficient (Wildman–Crippen LogP) is 4.20. The number of halogens is 1. The van der Waals surface area contributed by atoms with Gasteiger partial charge in [0.2, 0.25) is 5.89 Å². The van der Waals surface area contributed by atoms with E-state index < -0.39 is 0 Å². The van der Waals surface area contributed by atoms with Crippen molar-refractivity contribution in [2.75, 3.05) is 6.61 Å². The fourth-order valence-electron chi connectivity index (χ4n) is 3.30. The molecule has 4 aromatic rings. The van der Waals surface area contributed by atoms with Crippen molar-refractivity contribution in [2.24, 2.45) is 0 Å². The molecule has 0 spiro atoms. The van der Waals surface area contributed by atoms with E-state index in [4.69, 9.17) is 13.6 Å². The largest absolute Gasteiger partial charge is 0.459 e. The van der Waals surface area contributed by atoms with Crippen LogP contribution in [0.15, 0.2) is 56.7 Å². The zero-order chi connectivity index (χ0) is 20.3. The normalized spacial score (nSPS) is 16.4. The van der Waals surface area contributed by atoms with Crippen molar-refractivity contribution in [3.63, 3.8) is 0 Å². The third kappa shape index (κ3) is 4.01. The molecule has 1 aromatic carbocycles. The van der Waals surface area contributed by atoms with E-state index in [0.717, 1.165) is 25.0 Å². The Balaban J connectivity index is 1.37. The lowest BCUT2D eigenvalue weighted by Gasteiger charge is -2.14. The summed E-state index contributed by atoms with van der Waals surface area (Å²) in [6.07, 6.45) is 3.69. The average molecular weight is 427 g/mol. The second kappa shape index (κ2) is 8.41. The SMILES string of the molecule is Fc1ccc(-c2nnc(SCc3nnc(-c4ccco4)o3)n2C[C@H]2CCCO2)cc1. The fourth-order valence-corrected chi connectivity index (χ4v) is 4.09. The first-order valence-corrected chi connectivity index (χ1v) is 10.5. The monoisotopic (exact) mass is 427 g/mol. The van der Waals surface area contributed by atoms with Gasteiger partial charge < -0.3 is 13.6 Å². The molecule has 0 aliphatic carbocycles. The van der Waals surface area contributed by atoms with Crippen LogP contribution in [0, 0.1) is 5.82 Å². The molecule has 4 heterocycles. The highest BCUT2D eigenvalue weighted by Gasteiger charge is 2.22. The lowest BCUT2D eigenvalue weighted by atomic mass is 10.2. The van der Waals surface area contributed by atoms with Crippen LogP contribution in [-0.4, -0.2) is 37.7 Å². The second-order valence-electron chi connectivity index (χ2n) is 6.83. The highest BCUT2D eigenvalue weighted by molar-refractivity contribution is 7.98. The smallest absolute Gasteiger partial charge is 0.283 e. The van der Waals surface area contributed by atoms with E-state index in [-0.39, 0.29) is 11.9 Å². The molecule has 154 valence electrons. The second-order valence-corrected chi connectivity index (χ2v) is 7.77. The number of furan rings is 1. The zero-order valence-electron chi connectivity index (χ0n) is 15.9. The van der Waals surface area contributed by atoms with E-state index in [2.05, 4.69) is 20.4 Å². The van der Waals surface area contributed by atoms with Gasteiger partial charge in [0.1, 0.15) is 5.82 Å². The van der Waals surface area contributed by atoms with Crippen LogP contribution in [0.5, 0.6) is 0 Å². The van der Waals surface area contributed by atoms with Gasteiger partial charge in [-0.2, -0.15) is 0 Å². The van der Waals surface area contributed by atoms with Crippen LogP contribution in [-0.2, 0) is 17.0 Å². The van der Waals surface area contributed by atoms with Gasteiger partial charge in [-0.1, -0.05) is 11.8 Å². The lowest BCUT2D eigenvalue weighted by Crippen LogP contribution is -2.16. The highest BCUT2D eigenvalue weighted by Crippen LogP contribution is 2.29. The van der Waals surface area contributed by atoms with Crippen molar-refractivity contribution >= 4 is 11.8 Å². The summed E-state index contributed by atoms with van der Waals surface area (Å²) in [4.78, 5) is 0. The number of hydrogen-bond acceptors (Lipinski definition) is 8. The summed E-state index contributed by atoms with van der Waals surface area (Å²) in [5.41, 5.74) is 0.798. The Hall–Kier alpha value is -2.98. The Bertz CT molecular complexity index is 1100. The van der Waals surface area contributed by atoms with E-state index >= 15 is 0 Å². The first kappa shape index (κ1) is 19.0. The predicted molar refractivity (Wildman–Crippen MR) is 106 cm³/mol. The molecule has 10 heteroatoms. The molecule has 0 saturated carbocycles. The summed E-state index contributed by atoms with van der Waals surface area (Å²) in [6.45, 7) is 1.39. The van der Waals surface area contributed by atoms with Crippen molar-refractivity contribution in [2.45, 2.75) is 36.4 Å². The van der Waals surface area contributed by atoms with Crippen molar-refractivity contribution in [3.8, 4) is 23.0 Å². The van der Waals surface area contributed by atoms with E-state index in [9.17, 15) is 4.39 Å². The summed E-state index contributed by atoms with van der Waals surface area (Å²) in [6, 6.07) is 9.76. The molecule has 1 aliphatic rings. The summed E-state index contributed by atoms with van der Waals surface area (Å²) in [7, 11) is 0. The number of thioether (sulfide) groups is 1. The topological polar surface area (TPSA) is 92.0 Å². The quantitative estimate of drug-likeness (QED) is 0.405. The minimum Gasteiger partial charge on any atom is -0.459 e. The summed E-state index contributed by atoms with van der Waals surface area (Å²) >= 11 is 1.45. The minimum absolute atomic E-state index is 0.105. The van der Waals surface area contributed by atoms with Gasteiger partial charge in [-0.05, 0) is 49.2 Å². The first-order valence-electron chi connectivity index (χ1n) is 9.56. The van der Waals surface area contributed by atoms with E-state index in [1.807, 2.05) is 4.57 Å². The van der Waals surface area contributed by atoms with Gasteiger partial charge in [0.25, 0.3) is 5.89 Å².